The lowest BCUT2D eigenvalue weighted by atomic mass is 10.2. The number of hydrogen-bond acceptors (Lipinski definition) is 4. The van der Waals surface area contributed by atoms with Crippen LogP contribution in [-0.2, 0) is 6.54 Å². The van der Waals surface area contributed by atoms with Crippen LogP contribution in [0.25, 0.3) is 0 Å². The summed E-state index contributed by atoms with van der Waals surface area (Å²) in [6.07, 6.45) is 1.81. The Morgan fingerprint density at radius 1 is 1.21 bits per heavy atom. The van der Waals surface area contributed by atoms with Crippen molar-refractivity contribution < 1.29 is 0 Å². The van der Waals surface area contributed by atoms with Crippen LogP contribution in [0.4, 0.5) is 0 Å². The average Bonchev–Trinajstić information content (AvgIpc) is 2.38. The number of benzene rings is 1. The topological polar surface area (TPSA) is 37.8 Å². The van der Waals surface area contributed by atoms with Crippen molar-refractivity contribution >= 4 is 11.8 Å². The van der Waals surface area contributed by atoms with Gasteiger partial charge in [0.05, 0.1) is 0 Å². The number of rotatable bonds is 5. The van der Waals surface area contributed by atoms with Gasteiger partial charge in [-0.05, 0) is 36.4 Å². The molecule has 0 saturated carbocycles. The first-order valence-electron chi connectivity index (χ1n) is 6.44. The summed E-state index contributed by atoms with van der Waals surface area (Å²) in [6, 6.07) is 10.8. The maximum absolute atomic E-state index is 4.44. The Labute approximate surface area is 118 Å². The normalized spacial score (nSPS) is 10.9. The van der Waals surface area contributed by atoms with Gasteiger partial charge in [-0.3, -0.25) is 0 Å². The highest BCUT2D eigenvalue weighted by atomic mass is 32.2. The van der Waals surface area contributed by atoms with E-state index in [1.165, 1.54) is 10.5 Å². The molecule has 1 N–H and O–H groups in total. The molecule has 100 valence electrons. The van der Waals surface area contributed by atoms with Crippen LogP contribution in [0.3, 0.4) is 0 Å². The Kier molecular flexibility index (Phi) is 4.93. The van der Waals surface area contributed by atoms with Gasteiger partial charge in [0.25, 0.3) is 0 Å². The number of aromatic nitrogens is 2. The summed E-state index contributed by atoms with van der Waals surface area (Å²) in [4.78, 5) is 9.95. The molecule has 19 heavy (non-hydrogen) atoms. The zero-order valence-electron chi connectivity index (χ0n) is 11.6. The van der Waals surface area contributed by atoms with E-state index in [4.69, 9.17) is 0 Å². The van der Waals surface area contributed by atoms with Crippen molar-refractivity contribution in [2.45, 2.75) is 43.4 Å². The lowest BCUT2D eigenvalue weighted by Gasteiger charge is -2.11. The van der Waals surface area contributed by atoms with Crippen LogP contribution in [0.2, 0.25) is 0 Å². The van der Waals surface area contributed by atoms with Gasteiger partial charge in [-0.2, -0.15) is 0 Å². The number of hydrogen-bond donors (Lipinski definition) is 1. The van der Waals surface area contributed by atoms with Gasteiger partial charge >= 0.3 is 0 Å². The zero-order valence-corrected chi connectivity index (χ0v) is 12.4. The van der Waals surface area contributed by atoms with Gasteiger partial charge in [0.1, 0.15) is 0 Å². The highest BCUT2D eigenvalue weighted by Crippen LogP contribution is 2.27. The molecule has 2 aromatic rings. The summed E-state index contributed by atoms with van der Waals surface area (Å²) >= 11 is 1.62. The van der Waals surface area contributed by atoms with Crippen LogP contribution in [0.1, 0.15) is 25.1 Å². The van der Waals surface area contributed by atoms with Crippen molar-refractivity contribution in [1.82, 2.24) is 15.3 Å². The molecule has 0 unspecified atom stereocenters. The summed E-state index contributed by atoms with van der Waals surface area (Å²) in [7, 11) is 0. The van der Waals surface area contributed by atoms with Crippen molar-refractivity contribution in [3.05, 3.63) is 47.8 Å². The molecule has 0 atom stereocenters. The first-order chi connectivity index (χ1) is 9.15. The van der Waals surface area contributed by atoms with Crippen molar-refractivity contribution in [2.24, 2.45) is 0 Å². The number of nitrogens with one attached hydrogen (secondary N) is 1. The molecule has 1 heterocycles. The summed E-state index contributed by atoms with van der Waals surface area (Å²) in [5.41, 5.74) is 2.28. The van der Waals surface area contributed by atoms with Crippen LogP contribution in [0.15, 0.2) is 46.6 Å². The zero-order chi connectivity index (χ0) is 13.7. The molecule has 0 aliphatic rings. The summed E-state index contributed by atoms with van der Waals surface area (Å²) < 4.78 is 0. The Morgan fingerprint density at radius 3 is 2.74 bits per heavy atom. The Hall–Kier alpha value is -1.39. The second kappa shape index (κ2) is 6.68. The maximum Gasteiger partial charge on any atom is 0.192 e. The lowest BCUT2D eigenvalue weighted by molar-refractivity contribution is 0.584. The van der Waals surface area contributed by atoms with Crippen LogP contribution < -0.4 is 5.32 Å². The maximum atomic E-state index is 4.44. The van der Waals surface area contributed by atoms with E-state index in [-0.39, 0.29) is 0 Å². The minimum absolute atomic E-state index is 0.480. The van der Waals surface area contributed by atoms with Crippen molar-refractivity contribution in [3.63, 3.8) is 0 Å². The first-order valence-corrected chi connectivity index (χ1v) is 7.25. The van der Waals surface area contributed by atoms with Crippen LogP contribution in [0, 0.1) is 6.92 Å². The highest BCUT2D eigenvalue weighted by Gasteiger charge is 2.06. The summed E-state index contributed by atoms with van der Waals surface area (Å²) in [5.74, 6) is 0. The van der Waals surface area contributed by atoms with E-state index in [0.717, 1.165) is 17.4 Å². The second-order valence-electron chi connectivity index (χ2n) is 4.73. The van der Waals surface area contributed by atoms with Crippen molar-refractivity contribution in [2.75, 3.05) is 0 Å². The molecule has 3 nitrogen and oxygen atoms in total. The molecule has 0 aliphatic heterocycles. The van der Waals surface area contributed by atoms with E-state index in [9.17, 15) is 0 Å². The Morgan fingerprint density at radius 2 is 2.00 bits per heavy atom. The third kappa shape index (κ3) is 4.33. The highest BCUT2D eigenvalue weighted by molar-refractivity contribution is 7.99. The van der Waals surface area contributed by atoms with Crippen molar-refractivity contribution in [3.8, 4) is 0 Å². The van der Waals surface area contributed by atoms with E-state index >= 15 is 0 Å². The van der Waals surface area contributed by atoms with Gasteiger partial charge in [-0.15, -0.1) is 0 Å². The largest absolute Gasteiger partial charge is 0.310 e. The van der Waals surface area contributed by atoms with Gasteiger partial charge in [-0.25, -0.2) is 9.97 Å². The van der Waals surface area contributed by atoms with E-state index in [1.54, 1.807) is 18.0 Å². The summed E-state index contributed by atoms with van der Waals surface area (Å²) in [6.45, 7) is 7.16. The van der Waals surface area contributed by atoms with E-state index in [2.05, 4.69) is 53.4 Å². The van der Waals surface area contributed by atoms with Gasteiger partial charge in [0, 0.05) is 29.4 Å². The Bertz CT molecular complexity index is 540. The minimum Gasteiger partial charge on any atom is -0.310 e. The monoisotopic (exact) mass is 273 g/mol. The molecular weight excluding hydrogens is 254 g/mol. The molecular formula is C15H19N3S. The fourth-order valence-electron chi connectivity index (χ4n) is 1.64. The molecule has 0 saturated heterocycles. The van der Waals surface area contributed by atoms with Crippen molar-refractivity contribution in [1.29, 1.82) is 0 Å². The number of nitrogens with zero attached hydrogens (tertiary/aromatic N) is 2. The quantitative estimate of drug-likeness (QED) is 0.847. The predicted octanol–water partition coefficient (Wildman–Crippen LogP) is 3.43. The van der Waals surface area contributed by atoms with Crippen LogP contribution in [0.5, 0.6) is 0 Å². The second-order valence-corrected chi connectivity index (χ2v) is 5.74. The van der Waals surface area contributed by atoms with Gasteiger partial charge in [-0.1, -0.05) is 32.0 Å². The summed E-state index contributed by atoms with van der Waals surface area (Å²) in [5, 5.41) is 4.25. The fourth-order valence-corrected chi connectivity index (χ4v) is 2.55. The molecule has 4 heteroatoms. The van der Waals surface area contributed by atoms with E-state index in [1.807, 2.05) is 13.0 Å². The molecule has 0 bridgehead atoms. The SMILES string of the molecule is Cc1ccnc(Sc2ccccc2CNC(C)C)n1. The van der Waals surface area contributed by atoms with Crippen LogP contribution >= 0.6 is 11.8 Å². The van der Waals surface area contributed by atoms with Crippen LogP contribution in [-0.4, -0.2) is 16.0 Å². The molecule has 0 spiro atoms. The van der Waals surface area contributed by atoms with Gasteiger partial charge in [0.15, 0.2) is 5.16 Å². The Balaban J connectivity index is 2.15. The molecule has 1 aromatic carbocycles. The average molecular weight is 273 g/mol. The van der Waals surface area contributed by atoms with E-state index in [0.29, 0.717) is 6.04 Å². The third-order valence-electron chi connectivity index (χ3n) is 2.65. The molecule has 0 aliphatic carbocycles. The smallest absolute Gasteiger partial charge is 0.192 e. The molecule has 0 fully saturated rings. The minimum atomic E-state index is 0.480. The molecule has 2 rings (SSSR count). The molecule has 0 amide bonds. The van der Waals surface area contributed by atoms with Gasteiger partial charge in [0.2, 0.25) is 0 Å². The van der Waals surface area contributed by atoms with E-state index < -0.39 is 0 Å². The number of aryl methyl sites for hydroxylation is 1. The predicted molar refractivity (Wildman–Crippen MR) is 79.3 cm³/mol. The standard InChI is InChI=1S/C15H19N3S/c1-11(2)17-10-13-6-4-5-7-14(13)19-15-16-9-8-12(3)18-15/h4-9,11,17H,10H2,1-3H3. The third-order valence-corrected chi connectivity index (χ3v) is 3.64. The molecule has 1 aromatic heterocycles. The lowest BCUT2D eigenvalue weighted by Crippen LogP contribution is -2.22. The first kappa shape index (κ1) is 14.0. The molecule has 0 radical (unpaired) electrons. The fraction of sp³-hybridized carbons (Fsp3) is 0.333. The van der Waals surface area contributed by atoms with Gasteiger partial charge < -0.3 is 5.32 Å².